The predicted molar refractivity (Wildman–Crippen MR) is 157 cm³/mol. The highest BCUT2D eigenvalue weighted by Gasteiger charge is 2.39. The Bertz CT molecular complexity index is 1320. The van der Waals surface area contributed by atoms with E-state index in [1.807, 2.05) is 49.8 Å². The summed E-state index contributed by atoms with van der Waals surface area (Å²) in [5.74, 6) is 8.60. The first-order valence-corrected chi connectivity index (χ1v) is 16.8. The number of rotatable bonds is 9. The molecular formula is C31H42N4O3Si. The molecule has 1 aliphatic carbocycles. The Kier molecular flexibility index (Phi) is 8.53. The molecule has 1 amide bonds. The first-order valence-electron chi connectivity index (χ1n) is 13.9. The number of hydrogen-bond donors (Lipinski definition) is 0. The SMILES string of the molecule is CC[C@H](c1cc(-c2ccc(C#CC3CC(N(C)C=O)C3)cc2)on1)n1ccnc1[C@H](C)O[Si](C)(C)C(C)(C)C. The van der Waals surface area contributed by atoms with Crippen molar-refractivity contribution in [1.82, 2.24) is 19.6 Å². The molecule has 2 atom stereocenters. The number of aromatic nitrogens is 3. The van der Waals surface area contributed by atoms with Gasteiger partial charge in [0.15, 0.2) is 14.1 Å². The summed E-state index contributed by atoms with van der Waals surface area (Å²) in [6.07, 6.45) is 7.36. The number of carbonyl (C=O) groups is 1. The molecule has 0 aliphatic heterocycles. The number of nitrogens with zero attached hydrogens (tertiary/aromatic N) is 4. The second-order valence-corrected chi connectivity index (χ2v) is 16.9. The van der Waals surface area contributed by atoms with E-state index in [4.69, 9.17) is 8.95 Å². The van der Waals surface area contributed by atoms with Crippen LogP contribution >= 0.6 is 0 Å². The van der Waals surface area contributed by atoms with Crippen molar-refractivity contribution >= 4 is 14.7 Å². The Morgan fingerprint density at radius 2 is 1.95 bits per heavy atom. The van der Waals surface area contributed by atoms with Crippen LogP contribution < -0.4 is 0 Å². The topological polar surface area (TPSA) is 73.4 Å². The molecule has 2 aromatic heterocycles. The maximum atomic E-state index is 10.9. The molecule has 0 spiro atoms. The molecule has 8 heteroatoms. The van der Waals surface area contributed by atoms with Crippen molar-refractivity contribution in [3.05, 3.63) is 59.8 Å². The summed E-state index contributed by atoms with van der Waals surface area (Å²) in [5.41, 5.74) is 2.80. The van der Waals surface area contributed by atoms with Crippen molar-refractivity contribution in [3.8, 4) is 23.2 Å². The van der Waals surface area contributed by atoms with Gasteiger partial charge >= 0.3 is 0 Å². The fourth-order valence-corrected chi connectivity index (χ4v) is 6.08. The molecule has 0 saturated heterocycles. The lowest BCUT2D eigenvalue weighted by atomic mass is 9.80. The van der Waals surface area contributed by atoms with E-state index in [-0.39, 0.29) is 17.2 Å². The Morgan fingerprint density at radius 1 is 1.26 bits per heavy atom. The molecular weight excluding hydrogens is 504 g/mol. The van der Waals surface area contributed by atoms with E-state index in [2.05, 4.69) is 74.3 Å². The lowest BCUT2D eigenvalue weighted by molar-refractivity contribution is -0.120. The van der Waals surface area contributed by atoms with Crippen LogP contribution in [-0.4, -0.2) is 47.4 Å². The van der Waals surface area contributed by atoms with Gasteiger partial charge in [0.05, 0.1) is 6.04 Å². The molecule has 0 bridgehead atoms. The second kappa shape index (κ2) is 11.5. The van der Waals surface area contributed by atoms with E-state index in [1.165, 1.54) is 0 Å². The molecule has 0 unspecified atom stereocenters. The van der Waals surface area contributed by atoms with E-state index >= 15 is 0 Å². The molecule has 7 nitrogen and oxygen atoms in total. The molecule has 0 radical (unpaired) electrons. The molecule has 4 rings (SSSR count). The minimum Gasteiger partial charge on any atom is -0.407 e. The maximum Gasteiger partial charge on any atom is 0.209 e. The third kappa shape index (κ3) is 6.37. The van der Waals surface area contributed by atoms with Gasteiger partial charge in [-0.1, -0.05) is 44.7 Å². The van der Waals surface area contributed by atoms with Crippen LogP contribution in [0.25, 0.3) is 11.3 Å². The van der Waals surface area contributed by atoms with Crippen molar-refractivity contribution in [2.45, 2.75) is 90.2 Å². The smallest absolute Gasteiger partial charge is 0.209 e. The Morgan fingerprint density at radius 3 is 2.56 bits per heavy atom. The van der Waals surface area contributed by atoms with Crippen LogP contribution in [0.1, 0.15) is 83.1 Å². The molecule has 1 saturated carbocycles. The summed E-state index contributed by atoms with van der Waals surface area (Å²) in [7, 11) is -0.118. The summed E-state index contributed by atoms with van der Waals surface area (Å²) in [6.45, 7) is 15.5. The molecule has 39 heavy (non-hydrogen) atoms. The molecule has 0 N–H and O–H groups in total. The summed E-state index contributed by atoms with van der Waals surface area (Å²) in [6, 6.07) is 10.4. The average molecular weight is 547 g/mol. The number of benzene rings is 1. The first-order chi connectivity index (χ1) is 18.4. The molecule has 208 valence electrons. The largest absolute Gasteiger partial charge is 0.407 e. The quantitative estimate of drug-likeness (QED) is 0.167. The fourth-order valence-electron chi connectivity index (χ4n) is 4.73. The van der Waals surface area contributed by atoms with E-state index in [0.29, 0.717) is 12.0 Å². The standard InChI is InChI=1S/C31H42N4O3Si/c1-9-28(35-17-16-32-30(35)22(2)38-39(7,8)31(3,4)5)27-20-29(37-33-27)25-14-12-23(13-15-25)10-11-24-18-26(19-24)34(6)21-36/h12-17,20-22,24,26,28H,9,18-19H2,1-8H3/t22-,24?,26?,28+/m0/s1. The van der Waals surface area contributed by atoms with E-state index in [1.54, 1.807) is 4.90 Å². The van der Waals surface area contributed by atoms with Gasteiger partial charge in [-0.15, -0.1) is 0 Å². The van der Waals surface area contributed by atoms with Crippen LogP contribution in [0.15, 0.2) is 47.2 Å². The van der Waals surface area contributed by atoms with Gasteiger partial charge in [0.2, 0.25) is 6.41 Å². The summed E-state index contributed by atoms with van der Waals surface area (Å²) >= 11 is 0. The normalized spacial score (nSPS) is 19.0. The second-order valence-electron chi connectivity index (χ2n) is 12.2. The van der Waals surface area contributed by atoms with Crippen molar-refractivity contribution in [3.63, 3.8) is 0 Å². The summed E-state index contributed by atoms with van der Waals surface area (Å²) < 4.78 is 14.6. The molecule has 1 fully saturated rings. The Labute approximate surface area is 234 Å². The minimum absolute atomic E-state index is 0.000155. The predicted octanol–water partition coefficient (Wildman–Crippen LogP) is 6.84. The highest BCUT2D eigenvalue weighted by atomic mass is 28.4. The molecule has 1 aromatic carbocycles. The van der Waals surface area contributed by atoms with E-state index in [0.717, 1.165) is 54.1 Å². The van der Waals surface area contributed by atoms with Crippen molar-refractivity contribution in [2.24, 2.45) is 5.92 Å². The van der Waals surface area contributed by atoms with E-state index in [9.17, 15) is 4.79 Å². The zero-order valence-corrected chi connectivity index (χ0v) is 25.6. The van der Waals surface area contributed by atoms with Crippen LogP contribution in [-0.2, 0) is 9.22 Å². The molecule has 1 aliphatic rings. The minimum atomic E-state index is -1.95. The zero-order valence-electron chi connectivity index (χ0n) is 24.6. The van der Waals surface area contributed by atoms with Crippen LogP contribution in [0.2, 0.25) is 18.1 Å². The maximum absolute atomic E-state index is 10.9. The van der Waals surface area contributed by atoms with Crippen LogP contribution in [0.3, 0.4) is 0 Å². The van der Waals surface area contributed by atoms with Crippen molar-refractivity contribution in [2.75, 3.05) is 7.05 Å². The number of hydrogen-bond acceptors (Lipinski definition) is 5. The van der Waals surface area contributed by atoms with Crippen LogP contribution in [0, 0.1) is 17.8 Å². The van der Waals surface area contributed by atoms with Crippen LogP contribution in [0.5, 0.6) is 0 Å². The number of amides is 1. The Balaban J connectivity index is 1.45. The monoisotopic (exact) mass is 546 g/mol. The third-order valence-corrected chi connectivity index (χ3v) is 12.9. The van der Waals surface area contributed by atoms with Crippen LogP contribution in [0.4, 0.5) is 0 Å². The molecule has 2 heterocycles. The first kappa shape index (κ1) is 28.8. The summed E-state index contributed by atoms with van der Waals surface area (Å²) in [4.78, 5) is 17.3. The van der Waals surface area contributed by atoms with Crippen molar-refractivity contribution in [1.29, 1.82) is 0 Å². The lowest BCUT2D eigenvalue weighted by Crippen LogP contribution is -2.41. The third-order valence-electron chi connectivity index (χ3n) is 8.38. The van der Waals surface area contributed by atoms with Gasteiger partial charge in [-0.05, 0) is 68.6 Å². The number of imidazole rings is 1. The van der Waals surface area contributed by atoms with E-state index < -0.39 is 8.32 Å². The van der Waals surface area contributed by atoms with Crippen molar-refractivity contribution < 1.29 is 13.7 Å². The van der Waals surface area contributed by atoms with Gasteiger partial charge < -0.3 is 18.4 Å². The lowest BCUT2D eigenvalue weighted by Gasteiger charge is -2.38. The summed E-state index contributed by atoms with van der Waals surface area (Å²) in [5, 5.41) is 4.57. The average Bonchev–Trinajstić information content (AvgIpc) is 3.54. The Hall–Kier alpha value is -3.15. The fraction of sp³-hybridized carbons (Fsp3) is 0.516. The number of carbonyl (C=O) groups excluding carboxylic acids is 1. The van der Waals surface area contributed by atoms with Gasteiger partial charge in [0.1, 0.15) is 17.6 Å². The van der Waals surface area contributed by atoms with Gasteiger partial charge in [0, 0.05) is 48.6 Å². The highest BCUT2D eigenvalue weighted by molar-refractivity contribution is 6.74. The zero-order chi connectivity index (χ0) is 28.4. The van der Waals surface area contributed by atoms with Gasteiger partial charge in [0.25, 0.3) is 0 Å². The molecule has 3 aromatic rings. The van der Waals surface area contributed by atoms with Gasteiger partial charge in [-0.3, -0.25) is 4.79 Å². The van der Waals surface area contributed by atoms with Gasteiger partial charge in [-0.25, -0.2) is 4.98 Å². The highest BCUT2D eigenvalue weighted by Crippen LogP contribution is 2.40. The van der Waals surface area contributed by atoms with Gasteiger partial charge in [-0.2, -0.15) is 0 Å².